The van der Waals surface area contributed by atoms with E-state index in [1.165, 1.54) is 102 Å². The number of aromatic nitrogens is 1. The van der Waals surface area contributed by atoms with Crippen LogP contribution in [0.5, 0.6) is 0 Å². The van der Waals surface area contributed by atoms with Gasteiger partial charge in [-0.2, -0.15) is 0 Å². The number of nitrogens with zero attached hydrogens (tertiary/aromatic N) is 2. The predicted molar refractivity (Wildman–Crippen MR) is 142 cm³/mol. The molecule has 0 aliphatic carbocycles. The summed E-state index contributed by atoms with van der Waals surface area (Å²) in [7, 11) is 0. The lowest BCUT2D eigenvalue weighted by Crippen LogP contribution is -2.30. The Labute approximate surface area is 206 Å². The normalized spacial score (nSPS) is 14.8. The second-order valence-corrected chi connectivity index (χ2v) is 11.0. The molecule has 0 atom stereocenters. The van der Waals surface area contributed by atoms with Gasteiger partial charge in [0.25, 0.3) is 0 Å². The van der Waals surface area contributed by atoms with Crippen LogP contribution >= 0.6 is 11.3 Å². The van der Waals surface area contributed by atoms with Gasteiger partial charge in [-0.05, 0) is 81.2 Å². The first-order chi connectivity index (χ1) is 16.1. The van der Waals surface area contributed by atoms with Crippen molar-refractivity contribution >= 4 is 17.1 Å². The number of hydrogen-bond acceptors (Lipinski definition) is 4. The van der Waals surface area contributed by atoms with Crippen molar-refractivity contribution in [3.8, 4) is 0 Å². The number of likely N-dealkylation sites (tertiary alicyclic amines) is 1. The summed E-state index contributed by atoms with van der Waals surface area (Å²) in [6, 6.07) is 7.90. The molecule has 0 amide bonds. The van der Waals surface area contributed by atoms with Crippen LogP contribution in [0.15, 0.2) is 29.6 Å². The molecular formula is C29H44N2OS. The van der Waals surface area contributed by atoms with Crippen molar-refractivity contribution in [1.82, 2.24) is 9.88 Å². The van der Waals surface area contributed by atoms with Crippen LogP contribution in [-0.4, -0.2) is 35.3 Å². The van der Waals surface area contributed by atoms with Gasteiger partial charge in [-0.3, -0.25) is 9.78 Å². The second kappa shape index (κ2) is 14.7. The van der Waals surface area contributed by atoms with Gasteiger partial charge in [0.2, 0.25) is 5.78 Å². The van der Waals surface area contributed by atoms with Crippen LogP contribution < -0.4 is 0 Å². The zero-order valence-corrected chi connectivity index (χ0v) is 21.8. The molecule has 0 N–H and O–H groups in total. The van der Waals surface area contributed by atoms with Crippen molar-refractivity contribution in [3.63, 3.8) is 0 Å². The molecule has 4 heteroatoms. The molecule has 1 fully saturated rings. The standard InChI is InChI=1S/C29H44N2OS/c1-24(2)26-19-18-25(29(32)28-17-15-23-33-28)27(30-26)16-11-8-6-4-3-5-7-9-12-20-31-21-13-10-14-22-31/h15,17-19,23-24H,3-14,16,20-22H2,1-2H3. The summed E-state index contributed by atoms with van der Waals surface area (Å²) in [6.07, 6.45) is 17.1. The maximum atomic E-state index is 12.9. The summed E-state index contributed by atoms with van der Waals surface area (Å²) < 4.78 is 0. The van der Waals surface area contributed by atoms with Crippen LogP contribution in [0.2, 0.25) is 0 Å². The number of rotatable bonds is 15. The van der Waals surface area contributed by atoms with E-state index in [0.29, 0.717) is 5.92 Å². The molecule has 3 nitrogen and oxygen atoms in total. The van der Waals surface area contributed by atoms with E-state index in [1.807, 2.05) is 29.6 Å². The van der Waals surface area contributed by atoms with E-state index in [4.69, 9.17) is 4.98 Å². The number of thiophene rings is 1. The lowest BCUT2D eigenvalue weighted by Gasteiger charge is -2.26. The van der Waals surface area contributed by atoms with Gasteiger partial charge in [-0.25, -0.2) is 0 Å². The van der Waals surface area contributed by atoms with Crippen LogP contribution in [0, 0.1) is 0 Å². The fourth-order valence-electron chi connectivity index (χ4n) is 4.83. The van der Waals surface area contributed by atoms with E-state index < -0.39 is 0 Å². The Bertz CT molecular complexity index is 809. The molecule has 0 spiro atoms. The SMILES string of the molecule is CC(C)c1ccc(C(=O)c2cccs2)c(CCCCCCCCCCCN2CCCCC2)n1. The number of pyridine rings is 1. The summed E-state index contributed by atoms with van der Waals surface area (Å²) in [5.74, 6) is 0.512. The van der Waals surface area contributed by atoms with Crippen LogP contribution in [0.1, 0.15) is 123 Å². The monoisotopic (exact) mass is 468 g/mol. The van der Waals surface area contributed by atoms with Crippen molar-refractivity contribution < 1.29 is 4.79 Å². The van der Waals surface area contributed by atoms with E-state index in [0.717, 1.165) is 34.7 Å². The van der Waals surface area contributed by atoms with Gasteiger partial charge in [0.15, 0.2) is 0 Å². The Morgan fingerprint density at radius 1 is 0.909 bits per heavy atom. The molecule has 0 saturated carbocycles. The minimum absolute atomic E-state index is 0.128. The minimum Gasteiger partial charge on any atom is -0.303 e. The predicted octanol–water partition coefficient (Wildman–Crippen LogP) is 8.04. The van der Waals surface area contributed by atoms with Gasteiger partial charge in [0, 0.05) is 11.3 Å². The van der Waals surface area contributed by atoms with Crippen LogP contribution in [0.3, 0.4) is 0 Å². The highest BCUT2D eigenvalue weighted by Crippen LogP contribution is 2.22. The van der Waals surface area contributed by atoms with Crippen LogP contribution in [-0.2, 0) is 6.42 Å². The molecule has 1 saturated heterocycles. The Morgan fingerprint density at radius 2 is 1.58 bits per heavy atom. The van der Waals surface area contributed by atoms with Crippen molar-refractivity contribution in [2.45, 2.75) is 103 Å². The van der Waals surface area contributed by atoms with E-state index in [1.54, 1.807) is 0 Å². The fourth-order valence-corrected chi connectivity index (χ4v) is 5.50. The third-order valence-electron chi connectivity index (χ3n) is 6.91. The Kier molecular flexibility index (Phi) is 11.6. The average molecular weight is 469 g/mol. The summed E-state index contributed by atoms with van der Waals surface area (Å²) in [5, 5.41) is 1.97. The van der Waals surface area contributed by atoms with Crippen LogP contribution in [0.4, 0.5) is 0 Å². The molecule has 0 unspecified atom stereocenters. The molecule has 1 aliphatic heterocycles. The zero-order valence-electron chi connectivity index (χ0n) is 21.0. The van der Waals surface area contributed by atoms with Crippen molar-refractivity contribution in [3.05, 3.63) is 51.5 Å². The molecule has 2 aromatic rings. The molecule has 0 radical (unpaired) electrons. The molecule has 3 heterocycles. The third-order valence-corrected chi connectivity index (χ3v) is 7.78. The van der Waals surface area contributed by atoms with Crippen molar-refractivity contribution in [2.24, 2.45) is 0 Å². The first-order valence-corrected chi connectivity index (χ1v) is 14.3. The molecule has 0 bridgehead atoms. The zero-order chi connectivity index (χ0) is 23.3. The van der Waals surface area contributed by atoms with Crippen LogP contribution in [0.25, 0.3) is 0 Å². The van der Waals surface area contributed by atoms with E-state index >= 15 is 0 Å². The van der Waals surface area contributed by atoms with E-state index in [9.17, 15) is 4.79 Å². The first-order valence-electron chi connectivity index (χ1n) is 13.5. The van der Waals surface area contributed by atoms with E-state index in [-0.39, 0.29) is 5.78 Å². The summed E-state index contributed by atoms with van der Waals surface area (Å²) in [6.45, 7) is 8.33. The van der Waals surface area contributed by atoms with Crippen molar-refractivity contribution in [2.75, 3.05) is 19.6 Å². The Morgan fingerprint density at radius 3 is 2.21 bits per heavy atom. The van der Waals surface area contributed by atoms with Gasteiger partial charge < -0.3 is 4.90 Å². The maximum absolute atomic E-state index is 12.9. The highest BCUT2D eigenvalue weighted by Gasteiger charge is 2.17. The topological polar surface area (TPSA) is 33.2 Å². The quantitative estimate of drug-likeness (QED) is 0.196. The smallest absolute Gasteiger partial charge is 0.204 e. The highest BCUT2D eigenvalue weighted by atomic mass is 32.1. The summed E-state index contributed by atoms with van der Waals surface area (Å²) in [4.78, 5) is 21.3. The molecule has 33 heavy (non-hydrogen) atoms. The summed E-state index contributed by atoms with van der Waals surface area (Å²) in [5.41, 5.74) is 2.88. The fraction of sp³-hybridized carbons (Fsp3) is 0.655. The van der Waals surface area contributed by atoms with Gasteiger partial charge in [0.05, 0.1) is 10.6 Å². The molecule has 3 rings (SSSR count). The Hall–Kier alpha value is -1.52. The second-order valence-electron chi connectivity index (χ2n) is 10.0. The summed E-state index contributed by atoms with van der Waals surface area (Å²) >= 11 is 1.52. The Balaban J connectivity index is 1.31. The number of carbonyl (C=O) groups excluding carboxylic acids is 1. The number of unbranched alkanes of at least 4 members (excludes halogenated alkanes) is 8. The highest BCUT2D eigenvalue weighted by molar-refractivity contribution is 7.12. The lowest BCUT2D eigenvalue weighted by atomic mass is 9.99. The largest absolute Gasteiger partial charge is 0.303 e. The van der Waals surface area contributed by atoms with Gasteiger partial charge >= 0.3 is 0 Å². The lowest BCUT2D eigenvalue weighted by molar-refractivity contribution is 0.104. The molecule has 1 aliphatic rings. The molecule has 0 aromatic carbocycles. The van der Waals surface area contributed by atoms with Gasteiger partial charge in [-0.15, -0.1) is 11.3 Å². The van der Waals surface area contributed by atoms with Gasteiger partial charge in [0.1, 0.15) is 0 Å². The molecule has 182 valence electrons. The molecular weight excluding hydrogens is 424 g/mol. The number of hydrogen-bond donors (Lipinski definition) is 0. The maximum Gasteiger partial charge on any atom is 0.204 e. The average Bonchev–Trinajstić information content (AvgIpc) is 3.37. The number of piperidine rings is 1. The third kappa shape index (κ3) is 8.98. The number of aryl methyl sites for hydroxylation is 1. The van der Waals surface area contributed by atoms with Crippen molar-refractivity contribution in [1.29, 1.82) is 0 Å². The van der Waals surface area contributed by atoms with Gasteiger partial charge in [-0.1, -0.05) is 71.3 Å². The minimum atomic E-state index is 0.128. The molecule has 2 aromatic heterocycles. The van der Waals surface area contributed by atoms with E-state index in [2.05, 4.69) is 18.7 Å². The first kappa shape index (κ1) is 26.1. The number of carbonyl (C=O) groups is 1. The number of ketones is 1.